The van der Waals surface area contributed by atoms with Gasteiger partial charge in [0.15, 0.2) is 0 Å². The van der Waals surface area contributed by atoms with Gasteiger partial charge in [-0.05, 0) is 106 Å². The molecule has 9 rings (SSSR count). The molecule has 0 amide bonds. The summed E-state index contributed by atoms with van der Waals surface area (Å²) in [5.74, 6) is 0.560. The van der Waals surface area contributed by atoms with Crippen molar-refractivity contribution >= 4 is 44.4 Å². The van der Waals surface area contributed by atoms with Gasteiger partial charge in [0.1, 0.15) is 0 Å². The zero-order valence-electron chi connectivity index (χ0n) is 27.7. The van der Waals surface area contributed by atoms with Crippen molar-refractivity contribution in [2.75, 3.05) is 4.90 Å². The molecule has 0 spiro atoms. The van der Waals surface area contributed by atoms with Gasteiger partial charge in [0, 0.05) is 38.9 Å². The molecule has 0 saturated heterocycles. The Balaban J connectivity index is 1.07. The Kier molecular flexibility index (Phi) is 6.55. The molecule has 1 atom stereocenters. The Labute approximate surface area is 282 Å². The Bertz CT molecular complexity index is 2330. The summed E-state index contributed by atoms with van der Waals surface area (Å²) in [5.41, 5.74) is 15.3. The molecule has 0 fully saturated rings. The quantitative estimate of drug-likeness (QED) is 0.186. The molecule has 1 aromatic heterocycles. The average Bonchev–Trinajstić information content (AvgIpc) is 3.58. The van der Waals surface area contributed by atoms with Gasteiger partial charge in [0.05, 0.1) is 11.0 Å². The Morgan fingerprint density at radius 2 is 1.17 bits per heavy atom. The highest BCUT2D eigenvalue weighted by Crippen LogP contribution is 2.53. The third-order valence-electron chi connectivity index (χ3n) is 10.6. The first kappa shape index (κ1) is 28.6. The fourth-order valence-electron chi connectivity index (χ4n) is 8.45. The van der Waals surface area contributed by atoms with Gasteiger partial charge in [-0.15, -0.1) is 0 Å². The van der Waals surface area contributed by atoms with Crippen LogP contribution in [0.3, 0.4) is 0 Å². The van der Waals surface area contributed by atoms with Crippen LogP contribution in [0.5, 0.6) is 0 Å². The predicted octanol–water partition coefficient (Wildman–Crippen LogP) is 12.6. The molecular formula is C46H38N2. The van der Waals surface area contributed by atoms with E-state index in [1.54, 1.807) is 5.57 Å². The first-order valence-corrected chi connectivity index (χ1v) is 17.1. The second-order valence-electron chi connectivity index (χ2n) is 13.9. The van der Waals surface area contributed by atoms with Crippen molar-refractivity contribution in [2.24, 2.45) is 5.92 Å². The topological polar surface area (TPSA) is 8.17 Å². The van der Waals surface area contributed by atoms with Crippen LogP contribution in [0.25, 0.3) is 44.2 Å². The molecule has 2 nitrogen and oxygen atoms in total. The molecule has 0 N–H and O–H groups in total. The zero-order chi connectivity index (χ0) is 32.4. The van der Waals surface area contributed by atoms with Crippen LogP contribution in [-0.2, 0) is 5.41 Å². The number of rotatable bonds is 5. The van der Waals surface area contributed by atoms with Crippen LogP contribution in [-0.4, -0.2) is 4.57 Å². The highest BCUT2D eigenvalue weighted by Gasteiger charge is 2.40. The van der Waals surface area contributed by atoms with E-state index in [4.69, 9.17) is 0 Å². The highest BCUT2D eigenvalue weighted by molar-refractivity contribution is 6.09. The van der Waals surface area contributed by atoms with Gasteiger partial charge in [0.2, 0.25) is 0 Å². The van der Waals surface area contributed by atoms with Crippen LogP contribution in [0.15, 0.2) is 163 Å². The standard InChI is InChI=1S/C46H38N2/c1-31-12-11-17-41-38-29-28-37(30-42(38)46(2,3)45(31)41)47(34-13-5-4-6-14-34)35-24-20-32(21-25-35)33-22-26-36(27-23-33)48-43-18-9-7-15-39(43)40-16-8-10-19-44(40)48/h4-11,13-31H,12H2,1-3H3. The number of para-hydroxylation sites is 3. The summed E-state index contributed by atoms with van der Waals surface area (Å²) in [4.78, 5) is 2.39. The average molecular weight is 619 g/mol. The molecule has 1 heterocycles. The largest absolute Gasteiger partial charge is 0.310 e. The third-order valence-corrected chi connectivity index (χ3v) is 10.6. The molecule has 0 saturated carbocycles. The Hall–Kier alpha value is -5.60. The number of allylic oxidation sites excluding steroid dienone is 4. The molecule has 7 aromatic rings. The summed E-state index contributed by atoms with van der Waals surface area (Å²) < 4.78 is 2.37. The minimum absolute atomic E-state index is 0.00244. The molecule has 2 heteroatoms. The van der Waals surface area contributed by atoms with Crippen molar-refractivity contribution in [3.8, 4) is 16.8 Å². The lowest BCUT2D eigenvalue weighted by molar-refractivity contribution is 0.530. The molecule has 1 unspecified atom stereocenters. The number of benzene rings is 6. The molecular weight excluding hydrogens is 581 g/mol. The van der Waals surface area contributed by atoms with Gasteiger partial charge < -0.3 is 9.47 Å². The zero-order valence-corrected chi connectivity index (χ0v) is 27.7. The summed E-state index contributed by atoms with van der Waals surface area (Å²) in [6.07, 6.45) is 5.82. The molecule has 0 bridgehead atoms. The Morgan fingerprint density at radius 1 is 0.604 bits per heavy atom. The number of fused-ring (bicyclic) bond motifs is 5. The van der Waals surface area contributed by atoms with E-state index < -0.39 is 0 Å². The summed E-state index contributed by atoms with van der Waals surface area (Å²) in [7, 11) is 0. The van der Waals surface area contributed by atoms with Crippen LogP contribution >= 0.6 is 0 Å². The van der Waals surface area contributed by atoms with E-state index in [-0.39, 0.29) is 5.41 Å². The van der Waals surface area contributed by atoms with Gasteiger partial charge in [-0.1, -0.05) is 118 Å². The summed E-state index contributed by atoms with van der Waals surface area (Å²) in [6, 6.07) is 53.2. The van der Waals surface area contributed by atoms with E-state index in [1.807, 2.05) is 0 Å². The number of nitrogens with zero attached hydrogens (tertiary/aromatic N) is 2. The molecule has 2 aliphatic rings. The van der Waals surface area contributed by atoms with Gasteiger partial charge in [-0.2, -0.15) is 0 Å². The molecule has 6 aromatic carbocycles. The van der Waals surface area contributed by atoms with Gasteiger partial charge >= 0.3 is 0 Å². The molecule has 2 aliphatic carbocycles. The lowest BCUT2D eigenvalue weighted by Gasteiger charge is -2.31. The van der Waals surface area contributed by atoms with Crippen LogP contribution < -0.4 is 4.90 Å². The third kappa shape index (κ3) is 4.40. The first-order chi connectivity index (χ1) is 23.5. The lowest BCUT2D eigenvalue weighted by atomic mass is 9.74. The number of anilines is 3. The number of aromatic nitrogens is 1. The summed E-state index contributed by atoms with van der Waals surface area (Å²) in [6.45, 7) is 7.19. The van der Waals surface area contributed by atoms with E-state index >= 15 is 0 Å². The Morgan fingerprint density at radius 3 is 1.83 bits per heavy atom. The van der Waals surface area contributed by atoms with Crippen LogP contribution in [0, 0.1) is 5.92 Å². The van der Waals surface area contributed by atoms with E-state index in [1.165, 1.54) is 61.0 Å². The van der Waals surface area contributed by atoms with E-state index in [0.29, 0.717) is 5.92 Å². The fourth-order valence-corrected chi connectivity index (χ4v) is 8.45. The normalized spacial score (nSPS) is 16.4. The number of hydrogen-bond donors (Lipinski definition) is 0. The van der Waals surface area contributed by atoms with Crippen molar-refractivity contribution in [1.82, 2.24) is 4.57 Å². The van der Waals surface area contributed by atoms with Crippen LogP contribution in [0.2, 0.25) is 0 Å². The lowest BCUT2D eigenvalue weighted by Crippen LogP contribution is -2.22. The first-order valence-electron chi connectivity index (χ1n) is 17.1. The van der Waals surface area contributed by atoms with Crippen molar-refractivity contribution in [3.05, 3.63) is 174 Å². The van der Waals surface area contributed by atoms with Crippen molar-refractivity contribution in [2.45, 2.75) is 32.6 Å². The summed E-state index contributed by atoms with van der Waals surface area (Å²) >= 11 is 0. The van der Waals surface area contributed by atoms with E-state index in [2.05, 4.69) is 188 Å². The van der Waals surface area contributed by atoms with E-state index in [9.17, 15) is 0 Å². The molecule has 48 heavy (non-hydrogen) atoms. The summed E-state index contributed by atoms with van der Waals surface area (Å²) in [5, 5.41) is 2.56. The van der Waals surface area contributed by atoms with E-state index in [0.717, 1.165) is 17.8 Å². The maximum atomic E-state index is 2.43. The van der Waals surface area contributed by atoms with Gasteiger partial charge in [-0.3, -0.25) is 0 Å². The van der Waals surface area contributed by atoms with Gasteiger partial charge in [0.25, 0.3) is 0 Å². The van der Waals surface area contributed by atoms with Crippen molar-refractivity contribution in [1.29, 1.82) is 0 Å². The van der Waals surface area contributed by atoms with Crippen molar-refractivity contribution < 1.29 is 0 Å². The van der Waals surface area contributed by atoms with Gasteiger partial charge in [-0.25, -0.2) is 0 Å². The molecule has 232 valence electrons. The minimum Gasteiger partial charge on any atom is -0.310 e. The smallest absolute Gasteiger partial charge is 0.0541 e. The SMILES string of the molecule is CC1CC=CC2=C1C(C)(C)c1cc(N(c3ccccc3)c3ccc(-c4ccc(-n5c6ccccc6c6ccccc65)cc4)cc3)ccc12. The van der Waals surface area contributed by atoms with Crippen LogP contribution in [0.4, 0.5) is 17.1 Å². The predicted molar refractivity (Wildman–Crippen MR) is 204 cm³/mol. The maximum Gasteiger partial charge on any atom is 0.0541 e. The molecule has 0 radical (unpaired) electrons. The number of hydrogen-bond acceptors (Lipinski definition) is 1. The van der Waals surface area contributed by atoms with Crippen molar-refractivity contribution in [3.63, 3.8) is 0 Å². The minimum atomic E-state index is 0.00244. The fraction of sp³-hybridized carbons (Fsp3) is 0.130. The maximum absolute atomic E-state index is 2.43. The molecule has 0 aliphatic heterocycles. The second-order valence-corrected chi connectivity index (χ2v) is 13.9. The second kappa shape index (κ2) is 11.0. The van der Waals surface area contributed by atoms with Crippen LogP contribution in [0.1, 0.15) is 38.3 Å². The monoisotopic (exact) mass is 618 g/mol. The highest BCUT2D eigenvalue weighted by atomic mass is 15.1.